The van der Waals surface area contributed by atoms with Crippen LogP contribution in [0.15, 0.2) is 54.9 Å². The molecule has 2 aromatic heterocycles. The van der Waals surface area contributed by atoms with Crippen LogP contribution in [0.3, 0.4) is 0 Å². The van der Waals surface area contributed by atoms with Crippen molar-refractivity contribution >= 4 is 21.8 Å². The molecule has 144 valence electrons. The summed E-state index contributed by atoms with van der Waals surface area (Å²) in [6.45, 7) is 0.462. The zero-order chi connectivity index (χ0) is 20.1. The smallest absolute Gasteiger partial charge is 0.361 e. The molecule has 0 fully saturated rings. The van der Waals surface area contributed by atoms with Crippen molar-refractivity contribution in [2.45, 2.75) is 18.5 Å². The maximum atomic E-state index is 14.7. The van der Waals surface area contributed by atoms with Gasteiger partial charge in [0.25, 0.3) is 0 Å². The number of hydrogen-bond acceptors (Lipinski definition) is 2. The van der Waals surface area contributed by atoms with Crippen LogP contribution in [0.1, 0.15) is 16.7 Å². The van der Waals surface area contributed by atoms with Gasteiger partial charge >= 0.3 is 6.18 Å². The average Bonchev–Trinajstić information content (AvgIpc) is 3.22. The number of aryl methyl sites for hydroxylation is 1. The van der Waals surface area contributed by atoms with Crippen LogP contribution in [0.4, 0.5) is 13.2 Å². The summed E-state index contributed by atoms with van der Waals surface area (Å²) in [6, 6.07) is 11.6. The van der Waals surface area contributed by atoms with Gasteiger partial charge in [0.05, 0.1) is 0 Å². The fourth-order valence-electron chi connectivity index (χ4n) is 3.92. The molecule has 0 radical (unpaired) electrons. The van der Waals surface area contributed by atoms with E-state index in [2.05, 4.69) is 9.97 Å². The predicted molar refractivity (Wildman–Crippen MR) is 100 cm³/mol. The van der Waals surface area contributed by atoms with Crippen molar-refractivity contribution in [3.8, 4) is 0 Å². The minimum Gasteiger partial charge on any atom is -0.361 e. The van der Waals surface area contributed by atoms with E-state index in [9.17, 15) is 23.3 Å². The first kappa shape index (κ1) is 18.1. The highest BCUT2D eigenvalue weighted by Gasteiger charge is 2.62. The molecule has 0 aliphatic rings. The number of aromatic amines is 2. The van der Waals surface area contributed by atoms with Gasteiger partial charge in [-0.2, -0.15) is 13.2 Å². The van der Waals surface area contributed by atoms with Crippen LogP contribution in [-0.2, 0) is 5.41 Å². The van der Waals surface area contributed by atoms with Gasteiger partial charge in [-0.25, -0.2) is 0 Å². The van der Waals surface area contributed by atoms with Gasteiger partial charge in [0.2, 0.25) is 6.54 Å². The summed E-state index contributed by atoms with van der Waals surface area (Å²) in [4.78, 5) is 16.2. The normalized spacial score (nSPS) is 14.4. The lowest BCUT2D eigenvalue weighted by molar-refractivity contribution is -0.498. The van der Waals surface area contributed by atoms with Gasteiger partial charge in [-0.05, 0) is 25.1 Å². The van der Waals surface area contributed by atoms with E-state index in [1.54, 1.807) is 49.4 Å². The van der Waals surface area contributed by atoms with E-state index in [4.69, 9.17) is 0 Å². The van der Waals surface area contributed by atoms with Gasteiger partial charge in [-0.15, -0.1) is 0 Å². The Morgan fingerprint density at radius 1 is 0.964 bits per heavy atom. The highest BCUT2D eigenvalue weighted by Crippen LogP contribution is 2.50. The number of rotatable bonds is 4. The zero-order valence-electron chi connectivity index (χ0n) is 14.8. The Morgan fingerprint density at radius 2 is 1.57 bits per heavy atom. The first-order chi connectivity index (χ1) is 13.2. The molecule has 28 heavy (non-hydrogen) atoms. The Hall–Kier alpha value is -3.29. The monoisotopic (exact) mass is 387 g/mol. The third-order valence-electron chi connectivity index (χ3n) is 5.20. The van der Waals surface area contributed by atoms with E-state index in [1.807, 2.05) is 0 Å². The lowest BCUT2D eigenvalue weighted by Crippen LogP contribution is -2.48. The van der Waals surface area contributed by atoms with Crippen molar-refractivity contribution in [3.05, 3.63) is 81.7 Å². The maximum Gasteiger partial charge on any atom is 0.408 e. The Morgan fingerprint density at radius 3 is 2.21 bits per heavy atom. The van der Waals surface area contributed by atoms with Crippen molar-refractivity contribution in [1.82, 2.24) is 9.97 Å². The minimum absolute atomic E-state index is 0.153. The Balaban J connectivity index is 2.14. The van der Waals surface area contributed by atoms with Gasteiger partial charge < -0.3 is 9.97 Å². The van der Waals surface area contributed by atoms with Crippen molar-refractivity contribution in [2.75, 3.05) is 6.54 Å². The number of H-pyrrole nitrogens is 2. The fraction of sp³-hybridized carbons (Fsp3) is 0.200. The van der Waals surface area contributed by atoms with Crippen LogP contribution in [0.2, 0.25) is 0 Å². The molecular weight excluding hydrogens is 371 g/mol. The van der Waals surface area contributed by atoms with E-state index in [0.29, 0.717) is 21.8 Å². The summed E-state index contributed by atoms with van der Waals surface area (Å²) >= 11 is 0. The van der Waals surface area contributed by atoms with E-state index in [0.717, 1.165) is 5.56 Å². The first-order valence-corrected chi connectivity index (χ1v) is 8.57. The molecule has 8 heteroatoms. The molecule has 0 saturated carbocycles. The number of fused-ring (bicyclic) bond motifs is 2. The number of nitro groups is 1. The molecular formula is C20H16F3N3O2. The molecule has 2 aromatic carbocycles. The lowest BCUT2D eigenvalue weighted by atomic mass is 9.73. The second-order valence-electron chi connectivity index (χ2n) is 6.89. The number of nitrogens with zero attached hydrogens (tertiary/aromatic N) is 1. The SMILES string of the molecule is Cc1ccc2[nH]cc([C@](C[N+](=O)[O-])(c3c[nH]c4ccccc34)C(F)(F)F)c2c1. The predicted octanol–water partition coefficient (Wildman–Crippen LogP) is 5.08. The van der Waals surface area contributed by atoms with Gasteiger partial charge in [0.1, 0.15) is 0 Å². The number of benzene rings is 2. The topological polar surface area (TPSA) is 74.7 Å². The molecule has 0 aliphatic carbocycles. The Kier molecular flexibility index (Phi) is 3.95. The highest BCUT2D eigenvalue weighted by molar-refractivity contribution is 5.90. The Bertz CT molecular complexity index is 1190. The first-order valence-electron chi connectivity index (χ1n) is 8.57. The zero-order valence-corrected chi connectivity index (χ0v) is 14.8. The lowest BCUT2D eigenvalue weighted by Gasteiger charge is -2.32. The van der Waals surface area contributed by atoms with E-state index >= 15 is 0 Å². The number of alkyl halides is 3. The molecule has 2 heterocycles. The number of nitrogens with one attached hydrogen (secondary N) is 2. The number of para-hydroxylation sites is 1. The summed E-state index contributed by atoms with van der Waals surface area (Å²) in [5, 5.41) is 12.1. The molecule has 1 atom stereocenters. The molecule has 5 nitrogen and oxygen atoms in total. The van der Waals surface area contributed by atoms with Crippen LogP contribution in [0, 0.1) is 17.0 Å². The number of halogens is 3. The third-order valence-corrected chi connectivity index (χ3v) is 5.20. The summed E-state index contributed by atoms with van der Waals surface area (Å²) in [6.07, 6.45) is -2.43. The van der Waals surface area contributed by atoms with Crippen LogP contribution in [-0.4, -0.2) is 27.6 Å². The molecule has 0 bridgehead atoms. The number of aromatic nitrogens is 2. The van der Waals surface area contributed by atoms with Crippen molar-refractivity contribution in [1.29, 1.82) is 0 Å². The quantitative estimate of drug-likeness (QED) is 0.378. The highest BCUT2D eigenvalue weighted by atomic mass is 19.4. The molecule has 4 aromatic rings. The van der Waals surface area contributed by atoms with Crippen molar-refractivity contribution in [3.63, 3.8) is 0 Å². The third kappa shape index (κ3) is 2.56. The van der Waals surface area contributed by atoms with Gasteiger partial charge in [-0.3, -0.25) is 10.1 Å². The molecule has 0 aliphatic heterocycles. The van der Waals surface area contributed by atoms with Crippen LogP contribution >= 0.6 is 0 Å². The second kappa shape index (κ2) is 6.12. The molecule has 0 amide bonds. The largest absolute Gasteiger partial charge is 0.408 e. The summed E-state index contributed by atoms with van der Waals surface area (Å²) in [7, 11) is 0. The standard InChI is InChI=1S/C20H16F3N3O2/c1-12-6-7-18-14(8-12)16(10-25-18)19(11-26(27)28,20(21,22)23)15-9-24-17-5-3-2-4-13(15)17/h2-10,24-25H,11H2,1H3/t19-/m0/s1. The summed E-state index contributed by atoms with van der Waals surface area (Å²) in [5.74, 6) is 0. The molecule has 0 saturated heterocycles. The van der Waals surface area contributed by atoms with Crippen LogP contribution in [0.25, 0.3) is 21.8 Å². The van der Waals surface area contributed by atoms with Crippen molar-refractivity contribution in [2.24, 2.45) is 0 Å². The van der Waals surface area contributed by atoms with Gasteiger partial charge in [0, 0.05) is 50.2 Å². The Labute approximate surface area is 157 Å². The molecule has 0 spiro atoms. The maximum absolute atomic E-state index is 14.7. The summed E-state index contributed by atoms with van der Waals surface area (Å²) in [5.41, 5.74) is -1.36. The second-order valence-corrected chi connectivity index (χ2v) is 6.89. The number of hydrogen-bond donors (Lipinski definition) is 2. The van der Waals surface area contributed by atoms with Gasteiger partial charge in [0.15, 0.2) is 5.41 Å². The fourth-order valence-corrected chi connectivity index (χ4v) is 3.92. The minimum atomic E-state index is -4.90. The van der Waals surface area contributed by atoms with E-state index < -0.39 is 23.1 Å². The van der Waals surface area contributed by atoms with Crippen LogP contribution in [0.5, 0.6) is 0 Å². The van der Waals surface area contributed by atoms with E-state index in [-0.39, 0.29) is 11.1 Å². The van der Waals surface area contributed by atoms with Gasteiger partial charge in [-0.1, -0.05) is 29.8 Å². The van der Waals surface area contributed by atoms with Crippen LogP contribution < -0.4 is 0 Å². The molecule has 0 unspecified atom stereocenters. The van der Waals surface area contributed by atoms with E-state index in [1.165, 1.54) is 12.4 Å². The average molecular weight is 387 g/mol. The summed E-state index contributed by atoms with van der Waals surface area (Å²) < 4.78 is 44.1. The molecule has 2 N–H and O–H groups in total. The van der Waals surface area contributed by atoms with Crippen molar-refractivity contribution < 1.29 is 18.1 Å². The molecule has 4 rings (SSSR count).